The van der Waals surface area contributed by atoms with Crippen LogP contribution in [0.5, 0.6) is 0 Å². The van der Waals surface area contributed by atoms with Crippen LogP contribution >= 0.6 is 0 Å². The first kappa shape index (κ1) is 16.1. The van der Waals surface area contributed by atoms with Crippen molar-refractivity contribution in [1.82, 2.24) is 20.2 Å². The molecule has 3 rings (SSSR count). The van der Waals surface area contributed by atoms with Gasteiger partial charge in [0.2, 0.25) is 5.91 Å². The summed E-state index contributed by atoms with van der Waals surface area (Å²) in [6, 6.07) is 6.13. The lowest BCUT2D eigenvalue weighted by atomic mass is 9.86. The molecule has 24 heavy (non-hydrogen) atoms. The summed E-state index contributed by atoms with van der Waals surface area (Å²) in [5, 5.41) is 23.0. The van der Waals surface area contributed by atoms with E-state index in [1.165, 1.54) is 18.5 Å². The van der Waals surface area contributed by atoms with Crippen molar-refractivity contribution in [2.45, 2.75) is 24.8 Å². The SMILES string of the molecule is O=C(CC1(n2cnnn2)CCOCC1)Nc1cccc(C(=O)O)c1. The minimum Gasteiger partial charge on any atom is -0.478 e. The minimum absolute atomic E-state index is 0.119. The number of nitrogens with zero attached hydrogens (tertiary/aromatic N) is 4. The zero-order valence-corrected chi connectivity index (χ0v) is 12.9. The summed E-state index contributed by atoms with van der Waals surface area (Å²) >= 11 is 0. The van der Waals surface area contributed by atoms with Crippen LogP contribution < -0.4 is 5.32 Å². The predicted octanol–water partition coefficient (Wildman–Crippen LogP) is 0.906. The standard InChI is InChI=1S/C15H17N5O4/c21-13(17-12-3-1-2-11(8-12)14(22)23)9-15(4-6-24-7-5-15)20-10-16-18-19-20/h1-3,8,10H,4-7,9H2,(H,17,21)(H,22,23). The number of anilines is 1. The molecule has 2 heterocycles. The van der Waals surface area contributed by atoms with Gasteiger partial charge >= 0.3 is 5.97 Å². The summed E-state index contributed by atoms with van der Waals surface area (Å²) in [5.74, 6) is -1.27. The van der Waals surface area contributed by atoms with Gasteiger partial charge in [0.15, 0.2) is 0 Å². The van der Waals surface area contributed by atoms with Crippen LogP contribution in [0.1, 0.15) is 29.6 Å². The van der Waals surface area contributed by atoms with E-state index < -0.39 is 11.5 Å². The quantitative estimate of drug-likeness (QED) is 0.835. The third-order valence-corrected chi connectivity index (χ3v) is 4.14. The molecule has 1 aliphatic rings. The van der Waals surface area contributed by atoms with Gasteiger partial charge in [-0.05, 0) is 41.5 Å². The first-order chi connectivity index (χ1) is 11.6. The summed E-state index contributed by atoms with van der Waals surface area (Å²) in [6.07, 6.45) is 2.93. The average molecular weight is 331 g/mol. The van der Waals surface area contributed by atoms with Gasteiger partial charge in [0.05, 0.1) is 17.5 Å². The van der Waals surface area contributed by atoms with Gasteiger partial charge in [0.25, 0.3) is 0 Å². The first-order valence-corrected chi connectivity index (χ1v) is 7.53. The molecule has 2 N–H and O–H groups in total. The average Bonchev–Trinajstić information content (AvgIpc) is 3.11. The van der Waals surface area contributed by atoms with Crippen LogP contribution in [0.25, 0.3) is 0 Å². The fourth-order valence-electron chi connectivity index (χ4n) is 2.85. The van der Waals surface area contributed by atoms with Crippen molar-refractivity contribution in [3.8, 4) is 0 Å². The number of tetrazole rings is 1. The molecule has 0 bridgehead atoms. The van der Waals surface area contributed by atoms with E-state index >= 15 is 0 Å². The molecular weight excluding hydrogens is 314 g/mol. The molecule has 1 aromatic heterocycles. The van der Waals surface area contributed by atoms with Gasteiger partial charge in [-0.2, -0.15) is 0 Å². The number of carboxylic acid groups (broad SMARTS) is 1. The third kappa shape index (κ3) is 3.40. The molecule has 9 heteroatoms. The van der Waals surface area contributed by atoms with Gasteiger partial charge in [0, 0.05) is 18.9 Å². The number of carboxylic acids is 1. The number of benzene rings is 1. The van der Waals surface area contributed by atoms with E-state index in [0.29, 0.717) is 31.7 Å². The molecule has 9 nitrogen and oxygen atoms in total. The Kier molecular flexibility index (Phi) is 4.52. The number of carbonyl (C=O) groups is 2. The first-order valence-electron chi connectivity index (χ1n) is 7.53. The van der Waals surface area contributed by atoms with Crippen LogP contribution in [0.4, 0.5) is 5.69 Å². The summed E-state index contributed by atoms with van der Waals surface area (Å²) in [7, 11) is 0. The molecule has 0 spiro atoms. The largest absolute Gasteiger partial charge is 0.478 e. The molecule has 2 aromatic rings. The number of aromatic nitrogens is 4. The summed E-state index contributed by atoms with van der Waals surface area (Å²) < 4.78 is 7.00. The maximum absolute atomic E-state index is 12.5. The van der Waals surface area contributed by atoms with Crippen LogP contribution in [0.3, 0.4) is 0 Å². The molecule has 1 aromatic carbocycles. The van der Waals surface area contributed by atoms with Crippen LogP contribution in [0, 0.1) is 0 Å². The van der Waals surface area contributed by atoms with E-state index in [9.17, 15) is 9.59 Å². The van der Waals surface area contributed by atoms with Gasteiger partial charge in [-0.1, -0.05) is 6.07 Å². The Labute approximate surface area is 137 Å². The number of nitrogens with one attached hydrogen (secondary N) is 1. The molecule has 0 radical (unpaired) electrons. The van der Waals surface area contributed by atoms with Gasteiger partial charge in [0.1, 0.15) is 6.33 Å². The van der Waals surface area contributed by atoms with Crippen molar-refractivity contribution in [2.24, 2.45) is 0 Å². The molecule has 1 fully saturated rings. The van der Waals surface area contributed by atoms with Crippen LogP contribution in [-0.2, 0) is 15.1 Å². The van der Waals surface area contributed by atoms with Crippen molar-refractivity contribution in [3.63, 3.8) is 0 Å². The Balaban J connectivity index is 1.75. The van der Waals surface area contributed by atoms with Gasteiger partial charge in [-0.25, -0.2) is 9.48 Å². The van der Waals surface area contributed by atoms with Crippen LogP contribution in [0.15, 0.2) is 30.6 Å². The Morgan fingerprint density at radius 1 is 1.33 bits per heavy atom. The molecule has 126 valence electrons. The number of hydrogen-bond donors (Lipinski definition) is 2. The second-order valence-electron chi connectivity index (χ2n) is 5.70. The van der Waals surface area contributed by atoms with Crippen molar-refractivity contribution in [2.75, 3.05) is 18.5 Å². The molecular formula is C15H17N5O4. The van der Waals surface area contributed by atoms with Gasteiger partial charge in [-0.3, -0.25) is 4.79 Å². The van der Waals surface area contributed by atoms with Crippen LogP contribution in [0.2, 0.25) is 0 Å². The highest BCUT2D eigenvalue weighted by molar-refractivity contribution is 5.94. The topological polar surface area (TPSA) is 119 Å². The van der Waals surface area contributed by atoms with Gasteiger partial charge < -0.3 is 15.2 Å². The second kappa shape index (κ2) is 6.75. The van der Waals surface area contributed by atoms with Crippen molar-refractivity contribution in [1.29, 1.82) is 0 Å². The van der Waals surface area contributed by atoms with Crippen molar-refractivity contribution < 1.29 is 19.4 Å². The predicted molar refractivity (Wildman–Crippen MR) is 82.5 cm³/mol. The zero-order valence-electron chi connectivity index (χ0n) is 12.9. The molecule has 0 aliphatic carbocycles. The van der Waals surface area contributed by atoms with E-state index in [1.54, 1.807) is 16.8 Å². The summed E-state index contributed by atoms with van der Waals surface area (Å²) in [4.78, 5) is 23.5. The van der Waals surface area contributed by atoms with E-state index in [4.69, 9.17) is 9.84 Å². The normalized spacial score (nSPS) is 16.5. The Morgan fingerprint density at radius 2 is 2.12 bits per heavy atom. The van der Waals surface area contributed by atoms with E-state index in [-0.39, 0.29) is 17.9 Å². The van der Waals surface area contributed by atoms with Crippen molar-refractivity contribution in [3.05, 3.63) is 36.2 Å². The Bertz CT molecular complexity index is 725. The Hall–Kier alpha value is -2.81. The van der Waals surface area contributed by atoms with E-state index in [1.807, 2.05) is 0 Å². The number of hydrogen-bond acceptors (Lipinski definition) is 6. The smallest absolute Gasteiger partial charge is 0.335 e. The molecule has 1 saturated heterocycles. The highest BCUT2D eigenvalue weighted by Gasteiger charge is 2.38. The molecule has 0 unspecified atom stereocenters. The molecule has 1 amide bonds. The maximum atomic E-state index is 12.5. The van der Waals surface area contributed by atoms with Crippen molar-refractivity contribution >= 4 is 17.6 Å². The highest BCUT2D eigenvalue weighted by Crippen LogP contribution is 2.32. The lowest BCUT2D eigenvalue weighted by molar-refractivity contribution is -0.120. The third-order valence-electron chi connectivity index (χ3n) is 4.14. The fourth-order valence-corrected chi connectivity index (χ4v) is 2.85. The zero-order chi connectivity index (χ0) is 17.0. The highest BCUT2D eigenvalue weighted by atomic mass is 16.5. The van der Waals surface area contributed by atoms with Gasteiger partial charge in [-0.15, -0.1) is 5.10 Å². The number of carbonyl (C=O) groups excluding carboxylic acids is 1. The molecule has 0 saturated carbocycles. The fraction of sp³-hybridized carbons (Fsp3) is 0.400. The number of aromatic carboxylic acids is 1. The van der Waals surface area contributed by atoms with E-state index in [2.05, 4.69) is 20.8 Å². The summed E-state index contributed by atoms with van der Waals surface area (Å²) in [5.41, 5.74) is 0.0313. The van der Waals surface area contributed by atoms with Crippen LogP contribution in [-0.4, -0.2) is 50.4 Å². The lowest BCUT2D eigenvalue weighted by Gasteiger charge is -2.35. The maximum Gasteiger partial charge on any atom is 0.335 e. The monoisotopic (exact) mass is 331 g/mol. The lowest BCUT2D eigenvalue weighted by Crippen LogP contribution is -2.43. The second-order valence-corrected chi connectivity index (χ2v) is 5.70. The number of amides is 1. The Morgan fingerprint density at radius 3 is 2.79 bits per heavy atom. The minimum atomic E-state index is -1.04. The molecule has 1 aliphatic heterocycles. The van der Waals surface area contributed by atoms with E-state index in [0.717, 1.165) is 0 Å². The number of rotatable bonds is 5. The number of ether oxygens (including phenoxy) is 1. The summed E-state index contributed by atoms with van der Waals surface area (Å²) in [6.45, 7) is 1.06. The molecule has 0 atom stereocenters.